The molecule has 1 aliphatic heterocycles. The quantitative estimate of drug-likeness (QED) is 0.549. The monoisotopic (exact) mass is 366 g/mol. The normalized spacial score (nSPS) is 12.9. The lowest BCUT2D eigenvalue weighted by molar-refractivity contribution is -0.118. The number of Topliss-reactive ketones (excluding diaryl/α,β-unsaturated/α-hetero) is 1. The van der Waals surface area contributed by atoms with E-state index in [1.54, 1.807) is 37.5 Å². The molecule has 0 saturated carbocycles. The molecule has 0 aliphatic carbocycles. The van der Waals surface area contributed by atoms with Crippen molar-refractivity contribution in [3.63, 3.8) is 0 Å². The summed E-state index contributed by atoms with van der Waals surface area (Å²) in [6.07, 6.45) is 3.21. The maximum Gasteiger partial charge on any atom is 0.344 e. The van der Waals surface area contributed by atoms with E-state index in [1.165, 1.54) is 10.6 Å². The number of amides is 1. The number of carbonyl (C=O) groups is 3. The van der Waals surface area contributed by atoms with Crippen LogP contribution >= 0.6 is 0 Å². The predicted molar refractivity (Wildman–Crippen MR) is 92.9 cm³/mol. The van der Waals surface area contributed by atoms with Gasteiger partial charge >= 0.3 is 5.97 Å². The summed E-state index contributed by atoms with van der Waals surface area (Å²) in [5.74, 6) is -0.900. The van der Waals surface area contributed by atoms with Gasteiger partial charge in [0.15, 0.2) is 24.6 Å². The lowest BCUT2D eigenvalue weighted by Gasteiger charge is -2.18. The summed E-state index contributed by atoms with van der Waals surface area (Å²) in [5, 5.41) is 6.82. The Kier molecular flexibility index (Phi) is 4.03. The van der Waals surface area contributed by atoms with E-state index in [4.69, 9.17) is 9.47 Å². The van der Waals surface area contributed by atoms with Crippen LogP contribution in [0.5, 0.6) is 5.75 Å². The molecule has 4 rings (SSSR count). The molecule has 27 heavy (non-hydrogen) atoms. The number of anilines is 1. The Labute approximate surface area is 152 Å². The van der Waals surface area contributed by atoms with Crippen LogP contribution in [0.25, 0.3) is 5.65 Å². The molecule has 0 saturated heterocycles. The van der Waals surface area contributed by atoms with Gasteiger partial charge in [0.25, 0.3) is 5.91 Å². The zero-order chi connectivity index (χ0) is 19.0. The maximum absolute atomic E-state index is 12.4. The van der Waals surface area contributed by atoms with Crippen molar-refractivity contribution in [2.75, 3.05) is 18.5 Å². The van der Waals surface area contributed by atoms with Crippen molar-refractivity contribution in [1.29, 1.82) is 0 Å². The number of rotatable bonds is 4. The molecule has 0 spiro atoms. The SMILES string of the molecule is Cc1nn2cccnc2c1C(=O)OCC(=O)c1ccc2c(c1)NC(=O)CO2. The van der Waals surface area contributed by atoms with Gasteiger partial charge in [-0.1, -0.05) is 0 Å². The highest BCUT2D eigenvalue weighted by Gasteiger charge is 2.22. The van der Waals surface area contributed by atoms with Crippen LogP contribution in [0.2, 0.25) is 0 Å². The highest BCUT2D eigenvalue weighted by molar-refractivity contribution is 6.03. The van der Waals surface area contributed by atoms with Crippen molar-refractivity contribution in [3.8, 4) is 5.75 Å². The summed E-state index contributed by atoms with van der Waals surface area (Å²) in [4.78, 5) is 40.3. The summed E-state index contributed by atoms with van der Waals surface area (Å²) in [5.41, 5.74) is 1.74. The third kappa shape index (κ3) is 3.10. The number of esters is 1. The minimum Gasteiger partial charge on any atom is -0.482 e. The van der Waals surface area contributed by atoms with Gasteiger partial charge in [-0.25, -0.2) is 14.3 Å². The summed E-state index contributed by atoms with van der Waals surface area (Å²) >= 11 is 0. The summed E-state index contributed by atoms with van der Waals surface area (Å²) in [6.45, 7) is 1.15. The van der Waals surface area contributed by atoms with Gasteiger partial charge in [-0.3, -0.25) is 9.59 Å². The van der Waals surface area contributed by atoms with E-state index in [1.807, 2.05) is 0 Å². The molecule has 1 aliphatic rings. The Morgan fingerprint density at radius 3 is 3.07 bits per heavy atom. The molecule has 1 amide bonds. The number of aryl methyl sites for hydroxylation is 1. The van der Waals surface area contributed by atoms with Gasteiger partial charge in [-0.2, -0.15) is 5.10 Å². The van der Waals surface area contributed by atoms with Crippen LogP contribution in [0.3, 0.4) is 0 Å². The minimum atomic E-state index is -0.677. The number of fused-ring (bicyclic) bond motifs is 2. The van der Waals surface area contributed by atoms with Crippen LogP contribution < -0.4 is 10.1 Å². The molecule has 0 fully saturated rings. The lowest BCUT2D eigenvalue weighted by Crippen LogP contribution is -2.25. The van der Waals surface area contributed by atoms with Crippen molar-refractivity contribution >= 4 is 29.0 Å². The predicted octanol–water partition coefficient (Wildman–Crippen LogP) is 1.41. The van der Waals surface area contributed by atoms with Crippen LogP contribution in [0, 0.1) is 6.92 Å². The highest BCUT2D eigenvalue weighted by atomic mass is 16.5. The third-order valence-corrected chi connectivity index (χ3v) is 4.04. The van der Waals surface area contributed by atoms with Gasteiger partial charge < -0.3 is 14.8 Å². The van der Waals surface area contributed by atoms with Gasteiger partial charge in [0.05, 0.1) is 11.4 Å². The Morgan fingerprint density at radius 2 is 2.22 bits per heavy atom. The second kappa shape index (κ2) is 6.52. The molecule has 9 heteroatoms. The number of aromatic nitrogens is 3. The smallest absolute Gasteiger partial charge is 0.344 e. The van der Waals surface area contributed by atoms with E-state index in [0.717, 1.165) is 0 Å². The first-order chi connectivity index (χ1) is 13.0. The molecule has 0 atom stereocenters. The van der Waals surface area contributed by atoms with Crippen LogP contribution in [0.1, 0.15) is 26.4 Å². The van der Waals surface area contributed by atoms with Crippen molar-refractivity contribution < 1.29 is 23.9 Å². The number of carbonyl (C=O) groups excluding carboxylic acids is 3. The summed E-state index contributed by atoms with van der Waals surface area (Å²) in [6, 6.07) is 6.32. The fourth-order valence-electron chi connectivity index (χ4n) is 2.78. The molecule has 1 N–H and O–H groups in total. The van der Waals surface area contributed by atoms with E-state index in [-0.39, 0.29) is 18.1 Å². The number of ketones is 1. The summed E-state index contributed by atoms with van der Waals surface area (Å²) in [7, 11) is 0. The zero-order valence-corrected chi connectivity index (χ0v) is 14.3. The fourth-order valence-corrected chi connectivity index (χ4v) is 2.78. The highest BCUT2D eigenvalue weighted by Crippen LogP contribution is 2.28. The van der Waals surface area contributed by atoms with Crippen LogP contribution in [-0.4, -0.2) is 45.5 Å². The van der Waals surface area contributed by atoms with Crippen molar-refractivity contribution in [3.05, 3.63) is 53.5 Å². The molecule has 0 bridgehead atoms. The molecule has 0 unspecified atom stereocenters. The molecule has 0 radical (unpaired) electrons. The van der Waals surface area contributed by atoms with Gasteiger partial charge in [0.1, 0.15) is 11.3 Å². The number of nitrogens with one attached hydrogen (secondary N) is 1. The molecule has 2 aromatic heterocycles. The zero-order valence-electron chi connectivity index (χ0n) is 14.3. The molecule has 3 aromatic rings. The Balaban J connectivity index is 1.49. The van der Waals surface area contributed by atoms with Crippen LogP contribution in [0.15, 0.2) is 36.7 Å². The van der Waals surface area contributed by atoms with Crippen LogP contribution in [-0.2, 0) is 9.53 Å². The molecular formula is C18H14N4O5. The van der Waals surface area contributed by atoms with Crippen LogP contribution in [0.4, 0.5) is 5.69 Å². The van der Waals surface area contributed by atoms with E-state index < -0.39 is 18.4 Å². The van der Waals surface area contributed by atoms with E-state index in [2.05, 4.69) is 15.4 Å². The first kappa shape index (κ1) is 16.7. The van der Waals surface area contributed by atoms with Gasteiger partial charge in [0, 0.05) is 18.0 Å². The number of ether oxygens (including phenoxy) is 2. The van der Waals surface area contributed by atoms with E-state index in [9.17, 15) is 14.4 Å². The maximum atomic E-state index is 12.4. The average molecular weight is 366 g/mol. The molecule has 136 valence electrons. The van der Waals surface area contributed by atoms with Crippen molar-refractivity contribution in [1.82, 2.24) is 14.6 Å². The first-order valence-corrected chi connectivity index (χ1v) is 8.10. The number of benzene rings is 1. The first-order valence-electron chi connectivity index (χ1n) is 8.10. The lowest BCUT2D eigenvalue weighted by atomic mass is 10.1. The Bertz CT molecular complexity index is 1090. The second-order valence-corrected chi connectivity index (χ2v) is 5.90. The number of nitrogens with zero attached hydrogens (tertiary/aromatic N) is 3. The largest absolute Gasteiger partial charge is 0.482 e. The molecule has 3 heterocycles. The summed E-state index contributed by atoms with van der Waals surface area (Å²) < 4.78 is 11.9. The van der Waals surface area contributed by atoms with E-state index in [0.29, 0.717) is 28.3 Å². The molecular weight excluding hydrogens is 352 g/mol. The minimum absolute atomic E-state index is 0.0645. The number of hydrogen-bond donors (Lipinski definition) is 1. The average Bonchev–Trinajstić information content (AvgIpc) is 3.01. The molecule has 9 nitrogen and oxygen atoms in total. The fraction of sp³-hybridized carbons (Fsp3) is 0.167. The topological polar surface area (TPSA) is 112 Å². The Hall–Kier alpha value is -3.75. The van der Waals surface area contributed by atoms with Crippen molar-refractivity contribution in [2.45, 2.75) is 6.92 Å². The van der Waals surface area contributed by atoms with Gasteiger partial charge in [-0.15, -0.1) is 0 Å². The number of hydrogen-bond acceptors (Lipinski definition) is 7. The standard InChI is InChI=1S/C18H14N4O5/c1-10-16(17-19-5-2-6-22(17)21-10)18(25)27-8-13(23)11-3-4-14-12(7-11)20-15(24)9-26-14/h2-7H,8-9H2,1H3,(H,20,24). The second-order valence-electron chi connectivity index (χ2n) is 5.90. The van der Waals surface area contributed by atoms with Gasteiger partial charge in [-0.05, 0) is 31.2 Å². The van der Waals surface area contributed by atoms with E-state index >= 15 is 0 Å². The van der Waals surface area contributed by atoms with Gasteiger partial charge in [0.2, 0.25) is 0 Å². The van der Waals surface area contributed by atoms with Crippen molar-refractivity contribution in [2.24, 2.45) is 0 Å². The molecule has 1 aromatic carbocycles. The Morgan fingerprint density at radius 1 is 1.37 bits per heavy atom. The third-order valence-electron chi connectivity index (χ3n) is 4.04.